The summed E-state index contributed by atoms with van der Waals surface area (Å²) in [5, 5.41) is 3.14. The van der Waals surface area contributed by atoms with Crippen LogP contribution in [0.25, 0.3) is 0 Å². The number of thioether (sulfide) groups is 1. The van der Waals surface area contributed by atoms with Crippen molar-refractivity contribution in [1.29, 1.82) is 0 Å². The van der Waals surface area contributed by atoms with Crippen LogP contribution in [0.1, 0.15) is 12.0 Å². The van der Waals surface area contributed by atoms with Crippen LogP contribution >= 0.6 is 23.4 Å². The van der Waals surface area contributed by atoms with Crippen molar-refractivity contribution in [3.05, 3.63) is 77.3 Å². The molecule has 1 fully saturated rings. The van der Waals surface area contributed by atoms with E-state index in [1.165, 1.54) is 18.9 Å². The summed E-state index contributed by atoms with van der Waals surface area (Å²) in [6, 6.07) is 19.7. The van der Waals surface area contributed by atoms with Gasteiger partial charge in [-0.1, -0.05) is 47.6 Å². The number of nitrogens with zero attached hydrogens (tertiary/aromatic N) is 2. The molecule has 1 unspecified atom stereocenters. The lowest BCUT2D eigenvalue weighted by Crippen LogP contribution is -2.44. The average Bonchev–Trinajstić information content (AvgIpc) is 3.34. The Morgan fingerprint density at radius 3 is 2.81 bits per heavy atom. The van der Waals surface area contributed by atoms with Gasteiger partial charge in [0.15, 0.2) is 16.7 Å². The summed E-state index contributed by atoms with van der Waals surface area (Å²) >= 11 is 7.38. The van der Waals surface area contributed by atoms with Crippen molar-refractivity contribution in [2.45, 2.75) is 18.2 Å². The molecule has 0 aromatic heterocycles. The average molecular weight is 524 g/mol. The number of methoxy groups -OCH3 is 1. The third-order valence-electron chi connectivity index (χ3n) is 5.61. The van der Waals surface area contributed by atoms with E-state index in [2.05, 4.69) is 5.32 Å². The fraction of sp³-hybridized carbons (Fsp3) is 0.192. The van der Waals surface area contributed by atoms with Crippen LogP contribution in [-0.2, 0) is 16.1 Å². The van der Waals surface area contributed by atoms with E-state index in [0.717, 1.165) is 5.56 Å². The van der Waals surface area contributed by atoms with Crippen molar-refractivity contribution in [1.82, 2.24) is 4.90 Å². The summed E-state index contributed by atoms with van der Waals surface area (Å²) in [4.78, 5) is 32.8. The lowest BCUT2D eigenvalue weighted by atomic mass is 10.1. The van der Waals surface area contributed by atoms with Crippen LogP contribution in [0.15, 0.2) is 71.7 Å². The first-order valence-electron chi connectivity index (χ1n) is 11.1. The molecule has 1 saturated heterocycles. The second kappa shape index (κ2) is 10.5. The van der Waals surface area contributed by atoms with Crippen molar-refractivity contribution in [3.8, 4) is 17.2 Å². The first kappa shape index (κ1) is 24.0. The molecule has 36 heavy (non-hydrogen) atoms. The van der Waals surface area contributed by atoms with E-state index in [0.29, 0.717) is 38.8 Å². The number of hydrogen-bond donors (Lipinski definition) is 1. The number of carbonyl (C=O) groups excluding carboxylic acids is 2. The molecule has 8 nitrogen and oxygen atoms in total. The number of carbonyl (C=O) groups is 2. The molecule has 1 atom stereocenters. The fourth-order valence-corrected chi connectivity index (χ4v) is 5.12. The molecule has 1 N–H and O–H groups in total. The van der Waals surface area contributed by atoms with Crippen molar-refractivity contribution in [3.63, 3.8) is 0 Å². The van der Waals surface area contributed by atoms with Crippen LogP contribution in [0.4, 0.5) is 11.4 Å². The monoisotopic (exact) mass is 523 g/mol. The Balaban J connectivity index is 1.42. The topological polar surface area (TPSA) is 89.5 Å². The van der Waals surface area contributed by atoms with Crippen LogP contribution in [0.2, 0.25) is 5.02 Å². The Bertz CT molecular complexity index is 1350. The number of benzene rings is 3. The molecule has 3 aromatic carbocycles. The Kier molecular flexibility index (Phi) is 7.02. The summed E-state index contributed by atoms with van der Waals surface area (Å²) in [5.41, 5.74) is 1.97. The number of rotatable bonds is 6. The van der Waals surface area contributed by atoms with E-state index >= 15 is 0 Å². The molecule has 2 heterocycles. The van der Waals surface area contributed by atoms with Gasteiger partial charge in [0.1, 0.15) is 11.0 Å². The number of ether oxygens (including phenoxy) is 3. The molecule has 2 amide bonds. The smallest absolute Gasteiger partial charge is 0.238 e. The fourth-order valence-electron chi connectivity index (χ4n) is 3.84. The van der Waals surface area contributed by atoms with Gasteiger partial charge in [-0.3, -0.25) is 14.5 Å². The summed E-state index contributed by atoms with van der Waals surface area (Å²) in [5.74, 6) is 1.31. The van der Waals surface area contributed by atoms with E-state index < -0.39 is 5.25 Å². The van der Waals surface area contributed by atoms with Gasteiger partial charge in [0.05, 0.1) is 25.0 Å². The summed E-state index contributed by atoms with van der Waals surface area (Å²) in [6.45, 7) is 0.435. The van der Waals surface area contributed by atoms with Gasteiger partial charge in [0, 0.05) is 11.4 Å². The largest absolute Gasteiger partial charge is 0.495 e. The van der Waals surface area contributed by atoms with Gasteiger partial charge in [0.25, 0.3) is 0 Å². The van der Waals surface area contributed by atoms with Gasteiger partial charge >= 0.3 is 0 Å². The standard InChI is InChI=1S/C26H22ClN3O5S/c1-33-20-8-3-2-7-19(20)29-25(32)23-13-24(31)30(14-16-9-10-21-22(11-16)35-15-34-21)26(36-23)28-18-6-4-5-17(27)12-18/h2-12,23H,13-15H2,1H3,(H,29,32). The van der Waals surface area contributed by atoms with Gasteiger partial charge in [-0.25, -0.2) is 4.99 Å². The maximum Gasteiger partial charge on any atom is 0.238 e. The normalized spacial score (nSPS) is 17.8. The minimum absolute atomic E-state index is 0.0186. The number of amidine groups is 1. The highest BCUT2D eigenvalue weighted by atomic mass is 35.5. The third-order valence-corrected chi connectivity index (χ3v) is 7.03. The summed E-state index contributed by atoms with van der Waals surface area (Å²) in [7, 11) is 1.54. The molecule has 10 heteroatoms. The Labute approximate surface area is 217 Å². The van der Waals surface area contributed by atoms with E-state index in [-0.39, 0.29) is 31.6 Å². The predicted molar refractivity (Wildman–Crippen MR) is 139 cm³/mol. The lowest BCUT2D eigenvalue weighted by Gasteiger charge is -2.32. The molecule has 3 aromatic rings. The van der Waals surface area contributed by atoms with Crippen molar-refractivity contribution in [2.24, 2.45) is 4.99 Å². The zero-order valence-electron chi connectivity index (χ0n) is 19.3. The lowest BCUT2D eigenvalue weighted by molar-refractivity contribution is -0.129. The molecule has 2 aliphatic heterocycles. The molecular weight excluding hydrogens is 502 g/mol. The zero-order valence-corrected chi connectivity index (χ0v) is 20.8. The van der Waals surface area contributed by atoms with Gasteiger partial charge in [-0.15, -0.1) is 0 Å². The first-order valence-corrected chi connectivity index (χ1v) is 12.4. The van der Waals surface area contributed by atoms with Gasteiger partial charge in [-0.2, -0.15) is 0 Å². The van der Waals surface area contributed by atoms with E-state index in [4.69, 9.17) is 30.8 Å². The Morgan fingerprint density at radius 2 is 1.97 bits per heavy atom. The highest BCUT2D eigenvalue weighted by Crippen LogP contribution is 2.35. The minimum atomic E-state index is -0.673. The van der Waals surface area contributed by atoms with Crippen LogP contribution in [-0.4, -0.2) is 41.0 Å². The number of para-hydroxylation sites is 2. The zero-order chi connectivity index (χ0) is 25.1. The number of fused-ring (bicyclic) bond motifs is 1. The van der Waals surface area contributed by atoms with Crippen LogP contribution in [0.5, 0.6) is 17.2 Å². The molecule has 0 saturated carbocycles. The Hall–Kier alpha value is -3.69. The second-order valence-electron chi connectivity index (χ2n) is 8.04. The SMILES string of the molecule is COc1ccccc1NC(=O)C1CC(=O)N(Cc2ccc3c(c2)OCO3)C(=Nc2cccc(Cl)c2)S1. The van der Waals surface area contributed by atoms with Crippen molar-refractivity contribution in [2.75, 3.05) is 19.2 Å². The number of aliphatic imine (C=N–C) groups is 1. The van der Waals surface area contributed by atoms with E-state index in [1.54, 1.807) is 47.4 Å². The molecule has 0 bridgehead atoms. The maximum atomic E-state index is 13.3. The number of anilines is 1. The number of amides is 2. The number of halogens is 1. The quantitative estimate of drug-likeness (QED) is 0.475. The van der Waals surface area contributed by atoms with Gasteiger partial charge < -0.3 is 19.5 Å². The summed E-state index contributed by atoms with van der Waals surface area (Å²) in [6.07, 6.45) is 0.0186. The van der Waals surface area contributed by atoms with Crippen LogP contribution < -0.4 is 19.5 Å². The second-order valence-corrected chi connectivity index (χ2v) is 9.65. The molecular formula is C26H22ClN3O5S. The maximum absolute atomic E-state index is 13.3. The predicted octanol–water partition coefficient (Wildman–Crippen LogP) is 5.24. The number of hydrogen-bond acceptors (Lipinski definition) is 7. The minimum Gasteiger partial charge on any atom is -0.495 e. The third kappa shape index (κ3) is 5.27. The highest BCUT2D eigenvalue weighted by molar-refractivity contribution is 8.15. The summed E-state index contributed by atoms with van der Waals surface area (Å²) < 4.78 is 16.2. The van der Waals surface area contributed by atoms with E-state index in [9.17, 15) is 9.59 Å². The molecule has 0 radical (unpaired) electrons. The van der Waals surface area contributed by atoms with Crippen molar-refractivity contribution < 1.29 is 23.8 Å². The van der Waals surface area contributed by atoms with Crippen LogP contribution in [0, 0.1) is 0 Å². The molecule has 2 aliphatic rings. The molecule has 5 rings (SSSR count). The van der Waals surface area contributed by atoms with Gasteiger partial charge in [0.2, 0.25) is 18.6 Å². The van der Waals surface area contributed by atoms with Gasteiger partial charge in [-0.05, 0) is 48.0 Å². The first-order chi connectivity index (χ1) is 17.5. The van der Waals surface area contributed by atoms with E-state index in [1.807, 2.05) is 24.3 Å². The molecule has 184 valence electrons. The molecule has 0 aliphatic carbocycles. The Morgan fingerprint density at radius 1 is 1.14 bits per heavy atom. The number of nitrogens with one attached hydrogen (secondary N) is 1. The highest BCUT2D eigenvalue weighted by Gasteiger charge is 2.36. The van der Waals surface area contributed by atoms with Crippen LogP contribution in [0.3, 0.4) is 0 Å². The molecule has 0 spiro atoms. The van der Waals surface area contributed by atoms with Crippen molar-refractivity contribution >= 4 is 51.7 Å².